The van der Waals surface area contributed by atoms with Gasteiger partial charge in [-0.1, -0.05) is 30.3 Å². The van der Waals surface area contributed by atoms with Crippen molar-refractivity contribution in [2.75, 3.05) is 0 Å². The van der Waals surface area contributed by atoms with Crippen LogP contribution in [0.2, 0.25) is 0 Å². The van der Waals surface area contributed by atoms with Crippen molar-refractivity contribution in [3.05, 3.63) is 76.4 Å². The van der Waals surface area contributed by atoms with Crippen molar-refractivity contribution in [2.24, 2.45) is 0 Å². The van der Waals surface area contributed by atoms with Crippen LogP contribution in [0, 0.1) is 23.3 Å². The first-order chi connectivity index (χ1) is 11.4. The molecule has 0 fully saturated rings. The Morgan fingerprint density at radius 3 is 2.04 bits per heavy atom. The number of hydrogen-bond acceptors (Lipinski definition) is 1. The van der Waals surface area contributed by atoms with Crippen molar-refractivity contribution in [1.82, 2.24) is 0 Å². The third-order valence-corrected chi connectivity index (χ3v) is 3.52. The zero-order chi connectivity index (χ0) is 17.7. The quantitative estimate of drug-likeness (QED) is 0.478. The first-order valence-corrected chi connectivity index (χ1v) is 7.21. The minimum atomic E-state index is -1.60. The summed E-state index contributed by atoms with van der Waals surface area (Å²) in [6.45, 7) is 0. The average molecular weight is 338 g/mol. The van der Waals surface area contributed by atoms with Crippen LogP contribution in [0.4, 0.5) is 17.6 Å². The molecular weight excluding hydrogens is 324 g/mol. The molecule has 0 saturated heterocycles. The monoisotopic (exact) mass is 338 g/mol. The van der Waals surface area contributed by atoms with Crippen LogP contribution in [0.1, 0.15) is 23.1 Å². The van der Waals surface area contributed by atoms with Gasteiger partial charge >= 0.3 is 5.97 Å². The van der Waals surface area contributed by atoms with E-state index in [0.29, 0.717) is 25.0 Å². The Kier molecular flexibility index (Phi) is 5.73. The van der Waals surface area contributed by atoms with Gasteiger partial charge in [-0.3, -0.25) is 0 Å². The molecule has 2 nitrogen and oxygen atoms in total. The van der Waals surface area contributed by atoms with Gasteiger partial charge in [0.2, 0.25) is 0 Å². The van der Waals surface area contributed by atoms with Crippen molar-refractivity contribution in [1.29, 1.82) is 0 Å². The van der Waals surface area contributed by atoms with E-state index in [-0.39, 0.29) is 6.42 Å². The molecule has 0 spiro atoms. The van der Waals surface area contributed by atoms with Crippen LogP contribution in [0.3, 0.4) is 0 Å². The van der Waals surface area contributed by atoms with Crippen LogP contribution in [0.5, 0.6) is 0 Å². The number of hydrogen-bond donors (Lipinski definition) is 1. The number of carbonyl (C=O) groups is 1. The maximum atomic E-state index is 14.0. The molecule has 0 atom stereocenters. The second kappa shape index (κ2) is 7.77. The van der Waals surface area contributed by atoms with Crippen LogP contribution in [0.15, 0.2) is 36.4 Å². The normalized spacial score (nSPS) is 11.2. The predicted octanol–water partition coefficient (Wildman–Crippen LogP) is 4.52. The van der Waals surface area contributed by atoms with Gasteiger partial charge in [-0.15, -0.1) is 0 Å². The van der Waals surface area contributed by atoms with E-state index in [2.05, 4.69) is 0 Å². The summed E-state index contributed by atoms with van der Waals surface area (Å²) in [5.41, 5.74) is -0.770. The van der Waals surface area contributed by atoms with Gasteiger partial charge in [0.25, 0.3) is 0 Å². The van der Waals surface area contributed by atoms with E-state index in [0.717, 1.165) is 5.56 Å². The summed E-state index contributed by atoms with van der Waals surface area (Å²) in [4.78, 5) is 10.4. The van der Waals surface area contributed by atoms with Crippen LogP contribution in [-0.4, -0.2) is 11.1 Å². The first kappa shape index (κ1) is 17.7. The van der Waals surface area contributed by atoms with Gasteiger partial charge in [0.1, 0.15) is 0 Å². The van der Waals surface area contributed by atoms with E-state index < -0.39 is 40.4 Å². The Labute approximate surface area is 136 Å². The SMILES string of the molecule is O=C(O)/C=C/c1c(F)c(F)c(CCCc2ccccc2)c(F)c1F. The molecule has 126 valence electrons. The van der Waals surface area contributed by atoms with Crippen LogP contribution in [0.25, 0.3) is 6.08 Å². The van der Waals surface area contributed by atoms with Crippen molar-refractivity contribution >= 4 is 12.0 Å². The number of carboxylic acid groups (broad SMARTS) is 1. The van der Waals surface area contributed by atoms with Crippen LogP contribution >= 0.6 is 0 Å². The summed E-state index contributed by atoms with van der Waals surface area (Å²) in [6.07, 6.45) is 1.54. The lowest BCUT2D eigenvalue weighted by Gasteiger charge is -2.10. The molecule has 0 aliphatic heterocycles. The molecule has 1 N–H and O–H groups in total. The van der Waals surface area contributed by atoms with Crippen molar-refractivity contribution in [3.8, 4) is 0 Å². The molecule has 2 aromatic rings. The second-order valence-electron chi connectivity index (χ2n) is 5.16. The van der Waals surface area contributed by atoms with Crippen LogP contribution < -0.4 is 0 Å². The van der Waals surface area contributed by atoms with Gasteiger partial charge in [-0.05, 0) is 30.9 Å². The lowest BCUT2D eigenvalue weighted by atomic mass is 10.0. The number of halogens is 4. The van der Waals surface area contributed by atoms with Gasteiger partial charge in [-0.2, -0.15) is 0 Å². The molecule has 0 heterocycles. The maximum Gasteiger partial charge on any atom is 0.328 e. The highest BCUT2D eigenvalue weighted by atomic mass is 19.2. The lowest BCUT2D eigenvalue weighted by molar-refractivity contribution is -0.131. The molecular formula is C18H14F4O2. The Morgan fingerprint density at radius 2 is 1.50 bits per heavy atom. The van der Waals surface area contributed by atoms with E-state index in [1.54, 1.807) is 0 Å². The molecule has 0 aromatic heterocycles. The molecule has 0 radical (unpaired) electrons. The molecule has 0 saturated carbocycles. The first-order valence-electron chi connectivity index (χ1n) is 7.21. The van der Waals surface area contributed by atoms with E-state index in [1.165, 1.54) is 0 Å². The highest BCUT2D eigenvalue weighted by Crippen LogP contribution is 2.26. The highest BCUT2D eigenvalue weighted by molar-refractivity contribution is 5.85. The average Bonchev–Trinajstić information content (AvgIpc) is 2.57. The smallest absolute Gasteiger partial charge is 0.328 e. The Morgan fingerprint density at radius 1 is 0.917 bits per heavy atom. The lowest BCUT2D eigenvalue weighted by Crippen LogP contribution is -2.07. The summed E-state index contributed by atoms with van der Waals surface area (Å²) < 4.78 is 55.7. The molecule has 24 heavy (non-hydrogen) atoms. The number of aryl methyl sites for hydroxylation is 1. The molecule has 0 bridgehead atoms. The minimum Gasteiger partial charge on any atom is -0.478 e. The fourth-order valence-electron chi connectivity index (χ4n) is 2.33. The van der Waals surface area contributed by atoms with Gasteiger partial charge in [0.15, 0.2) is 23.3 Å². The second-order valence-corrected chi connectivity index (χ2v) is 5.16. The molecule has 0 aliphatic rings. The third kappa shape index (κ3) is 4.01. The molecule has 6 heteroatoms. The summed E-state index contributed by atoms with van der Waals surface area (Å²) in [5, 5.41) is 8.45. The maximum absolute atomic E-state index is 14.0. The Bertz CT molecular complexity index is 741. The zero-order valence-corrected chi connectivity index (χ0v) is 12.5. The Hall–Kier alpha value is -2.63. The van der Waals surface area contributed by atoms with Gasteiger partial charge < -0.3 is 5.11 Å². The largest absolute Gasteiger partial charge is 0.478 e. The predicted molar refractivity (Wildman–Crippen MR) is 81.4 cm³/mol. The van der Waals surface area contributed by atoms with Gasteiger partial charge in [-0.25, -0.2) is 22.4 Å². The van der Waals surface area contributed by atoms with E-state index in [4.69, 9.17) is 5.11 Å². The summed E-state index contributed by atoms with van der Waals surface area (Å²) in [5.74, 6) is -7.66. The molecule has 0 aliphatic carbocycles. The third-order valence-electron chi connectivity index (χ3n) is 3.52. The van der Waals surface area contributed by atoms with Gasteiger partial charge in [0.05, 0.1) is 5.56 Å². The standard InChI is InChI=1S/C18H14F4O2/c19-15-12(8-4-7-11-5-2-1-3-6-11)16(20)18(22)13(17(15)21)9-10-14(23)24/h1-3,5-6,9-10H,4,7-8H2,(H,23,24)/b10-9+. The summed E-state index contributed by atoms with van der Waals surface area (Å²) >= 11 is 0. The van der Waals surface area contributed by atoms with E-state index in [9.17, 15) is 22.4 Å². The number of rotatable bonds is 6. The molecule has 0 unspecified atom stereocenters. The highest BCUT2D eigenvalue weighted by Gasteiger charge is 2.23. The van der Waals surface area contributed by atoms with Gasteiger partial charge in [0, 0.05) is 11.6 Å². The topological polar surface area (TPSA) is 37.3 Å². The van der Waals surface area contributed by atoms with E-state index >= 15 is 0 Å². The van der Waals surface area contributed by atoms with Crippen molar-refractivity contribution in [2.45, 2.75) is 19.3 Å². The summed E-state index contributed by atoms with van der Waals surface area (Å²) in [7, 11) is 0. The number of aliphatic carboxylic acids is 1. The fraction of sp³-hybridized carbons (Fsp3) is 0.167. The number of benzene rings is 2. The molecule has 2 aromatic carbocycles. The number of carboxylic acids is 1. The molecule has 0 amide bonds. The fourth-order valence-corrected chi connectivity index (χ4v) is 2.33. The minimum absolute atomic E-state index is 0.177. The van der Waals surface area contributed by atoms with Crippen LogP contribution in [-0.2, 0) is 17.6 Å². The van der Waals surface area contributed by atoms with Crippen molar-refractivity contribution < 1.29 is 27.5 Å². The van der Waals surface area contributed by atoms with Crippen molar-refractivity contribution in [3.63, 3.8) is 0 Å². The zero-order valence-electron chi connectivity index (χ0n) is 12.5. The summed E-state index contributed by atoms with van der Waals surface area (Å²) in [6, 6.07) is 9.15. The molecule has 2 rings (SSSR count). The van der Waals surface area contributed by atoms with E-state index in [1.807, 2.05) is 30.3 Å². The Balaban J connectivity index is 2.23.